The Labute approximate surface area is 139 Å². The third-order valence-electron chi connectivity index (χ3n) is 3.32. The van der Waals surface area contributed by atoms with Gasteiger partial charge in [0.2, 0.25) is 0 Å². The molecule has 2 N–H and O–H groups in total. The summed E-state index contributed by atoms with van der Waals surface area (Å²) in [6.45, 7) is 4.26. The number of rotatable bonds is 6. The zero-order valence-electron chi connectivity index (χ0n) is 13.7. The molecule has 1 aromatic carbocycles. The molecule has 0 fully saturated rings. The van der Waals surface area contributed by atoms with Gasteiger partial charge in [0.1, 0.15) is 5.01 Å². The Morgan fingerprint density at radius 1 is 1.30 bits per heavy atom. The Kier molecular flexibility index (Phi) is 5.81. The lowest BCUT2D eigenvalue weighted by Gasteiger charge is -2.16. The highest BCUT2D eigenvalue weighted by Gasteiger charge is 2.12. The van der Waals surface area contributed by atoms with Gasteiger partial charge in [-0.1, -0.05) is 6.07 Å². The number of thiazole rings is 1. The molecule has 0 aliphatic carbocycles. The molecule has 0 bridgehead atoms. The second kappa shape index (κ2) is 7.82. The summed E-state index contributed by atoms with van der Waals surface area (Å²) in [6.07, 6.45) is 0. The van der Waals surface area contributed by atoms with Crippen LogP contribution in [0.4, 0.5) is 4.79 Å². The number of carbonyl (C=O) groups excluding carboxylic acids is 1. The van der Waals surface area contributed by atoms with Crippen LogP contribution in [0.15, 0.2) is 23.6 Å². The minimum atomic E-state index is -0.236. The van der Waals surface area contributed by atoms with E-state index in [9.17, 15) is 4.79 Å². The summed E-state index contributed by atoms with van der Waals surface area (Å²) < 4.78 is 10.5. The lowest BCUT2D eigenvalue weighted by Crippen LogP contribution is -2.36. The van der Waals surface area contributed by atoms with Crippen LogP contribution in [-0.2, 0) is 6.54 Å². The molecule has 23 heavy (non-hydrogen) atoms. The second-order valence-electron chi connectivity index (χ2n) is 5.05. The van der Waals surface area contributed by atoms with E-state index in [2.05, 4.69) is 15.6 Å². The number of urea groups is 1. The van der Waals surface area contributed by atoms with E-state index < -0.39 is 0 Å². The van der Waals surface area contributed by atoms with Crippen LogP contribution in [-0.4, -0.2) is 25.2 Å². The predicted molar refractivity (Wildman–Crippen MR) is 90.2 cm³/mol. The quantitative estimate of drug-likeness (QED) is 0.851. The Morgan fingerprint density at radius 2 is 2.04 bits per heavy atom. The minimum Gasteiger partial charge on any atom is -0.493 e. The van der Waals surface area contributed by atoms with E-state index in [1.807, 2.05) is 37.4 Å². The number of nitrogens with zero attached hydrogens (tertiary/aromatic N) is 1. The van der Waals surface area contributed by atoms with E-state index >= 15 is 0 Å². The fourth-order valence-electron chi connectivity index (χ4n) is 2.09. The molecule has 1 aromatic heterocycles. The monoisotopic (exact) mass is 335 g/mol. The van der Waals surface area contributed by atoms with Gasteiger partial charge in [0, 0.05) is 11.1 Å². The molecule has 0 saturated carbocycles. The molecule has 0 unspecified atom stereocenters. The van der Waals surface area contributed by atoms with Crippen LogP contribution in [0, 0.1) is 6.92 Å². The van der Waals surface area contributed by atoms with Gasteiger partial charge >= 0.3 is 6.03 Å². The number of methoxy groups -OCH3 is 2. The number of amides is 2. The van der Waals surface area contributed by atoms with Gasteiger partial charge in [0.15, 0.2) is 11.5 Å². The van der Waals surface area contributed by atoms with E-state index in [0.29, 0.717) is 18.0 Å². The fraction of sp³-hybridized carbons (Fsp3) is 0.375. The molecule has 0 saturated heterocycles. The van der Waals surface area contributed by atoms with Crippen LogP contribution in [0.25, 0.3) is 0 Å². The van der Waals surface area contributed by atoms with Crippen LogP contribution < -0.4 is 20.1 Å². The summed E-state index contributed by atoms with van der Waals surface area (Å²) in [7, 11) is 3.18. The van der Waals surface area contributed by atoms with Gasteiger partial charge in [-0.05, 0) is 31.5 Å². The van der Waals surface area contributed by atoms with Crippen LogP contribution in [0.5, 0.6) is 11.5 Å². The van der Waals surface area contributed by atoms with Crippen LogP contribution in [0.2, 0.25) is 0 Å². The molecule has 0 aliphatic heterocycles. The number of hydrogen-bond donors (Lipinski definition) is 2. The van der Waals surface area contributed by atoms with Gasteiger partial charge in [-0.15, -0.1) is 11.3 Å². The van der Waals surface area contributed by atoms with Crippen molar-refractivity contribution in [2.75, 3.05) is 14.2 Å². The van der Waals surface area contributed by atoms with E-state index in [1.165, 1.54) is 11.3 Å². The van der Waals surface area contributed by atoms with Crippen molar-refractivity contribution in [1.82, 2.24) is 15.6 Å². The third-order valence-corrected chi connectivity index (χ3v) is 4.29. The average Bonchev–Trinajstić information content (AvgIpc) is 2.97. The normalized spacial score (nSPS) is 11.7. The molecule has 0 spiro atoms. The highest BCUT2D eigenvalue weighted by molar-refractivity contribution is 7.09. The number of hydrogen-bond acceptors (Lipinski definition) is 5. The first-order valence-corrected chi connectivity index (χ1v) is 8.08. The molecule has 0 aliphatic rings. The maximum atomic E-state index is 12.0. The topological polar surface area (TPSA) is 72.5 Å². The highest BCUT2D eigenvalue weighted by Crippen LogP contribution is 2.29. The third kappa shape index (κ3) is 4.59. The molecular weight excluding hydrogens is 314 g/mol. The number of ether oxygens (including phenoxy) is 2. The summed E-state index contributed by atoms with van der Waals surface area (Å²) in [4.78, 5) is 16.3. The molecule has 2 aromatic rings. The first-order valence-electron chi connectivity index (χ1n) is 7.20. The van der Waals surface area contributed by atoms with Gasteiger partial charge in [-0.2, -0.15) is 0 Å². The minimum absolute atomic E-state index is 0.159. The number of aryl methyl sites for hydroxylation is 1. The number of carbonyl (C=O) groups is 1. The summed E-state index contributed by atoms with van der Waals surface area (Å²) in [5.41, 5.74) is 1.90. The predicted octanol–water partition coefficient (Wildman–Crippen LogP) is 3.03. The SMILES string of the molecule is COc1ccc([C@H](C)NC(=O)NCc2nc(C)cs2)cc1OC. The van der Waals surface area contributed by atoms with Crippen molar-refractivity contribution in [3.63, 3.8) is 0 Å². The van der Waals surface area contributed by atoms with Crippen molar-refractivity contribution in [2.24, 2.45) is 0 Å². The standard InChI is InChI=1S/C16H21N3O3S/c1-10-9-23-15(18-10)8-17-16(20)19-11(2)12-5-6-13(21-3)14(7-12)22-4/h5-7,9,11H,8H2,1-4H3,(H2,17,19,20)/t11-/m0/s1. The maximum absolute atomic E-state index is 12.0. The molecule has 124 valence electrons. The van der Waals surface area contributed by atoms with Crippen LogP contribution >= 0.6 is 11.3 Å². The summed E-state index contributed by atoms with van der Waals surface area (Å²) in [5.74, 6) is 1.30. The zero-order chi connectivity index (χ0) is 16.8. The first kappa shape index (κ1) is 17.1. The van der Waals surface area contributed by atoms with E-state index in [0.717, 1.165) is 16.3 Å². The van der Waals surface area contributed by atoms with Crippen molar-refractivity contribution in [3.8, 4) is 11.5 Å². The van der Waals surface area contributed by atoms with Crippen molar-refractivity contribution in [3.05, 3.63) is 39.8 Å². The van der Waals surface area contributed by atoms with Crippen LogP contribution in [0.3, 0.4) is 0 Å². The van der Waals surface area contributed by atoms with E-state index in [4.69, 9.17) is 9.47 Å². The van der Waals surface area contributed by atoms with Crippen molar-refractivity contribution < 1.29 is 14.3 Å². The molecular formula is C16H21N3O3S. The average molecular weight is 335 g/mol. The maximum Gasteiger partial charge on any atom is 0.315 e. The summed E-state index contributed by atoms with van der Waals surface area (Å²) >= 11 is 1.53. The largest absolute Gasteiger partial charge is 0.493 e. The lowest BCUT2D eigenvalue weighted by atomic mass is 10.1. The first-order chi connectivity index (χ1) is 11.0. The van der Waals surface area contributed by atoms with Crippen LogP contribution in [0.1, 0.15) is 29.2 Å². The van der Waals surface area contributed by atoms with E-state index in [1.54, 1.807) is 14.2 Å². The van der Waals surface area contributed by atoms with Crippen molar-refractivity contribution >= 4 is 17.4 Å². The summed E-state index contributed by atoms with van der Waals surface area (Å²) in [6, 6.07) is 5.18. The zero-order valence-corrected chi connectivity index (χ0v) is 14.5. The molecule has 1 heterocycles. The summed E-state index contributed by atoms with van der Waals surface area (Å²) in [5, 5.41) is 8.54. The lowest BCUT2D eigenvalue weighted by molar-refractivity contribution is 0.237. The van der Waals surface area contributed by atoms with Gasteiger partial charge in [0.25, 0.3) is 0 Å². The molecule has 6 nitrogen and oxygen atoms in total. The van der Waals surface area contributed by atoms with Gasteiger partial charge < -0.3 is 20.1 Å². The number of benzene rings is 1. The van der Waals surface area contributed by atoms with Gasteiger partial charge in [-0.25, -0.2) is 9.78 Å². The molecule has 2 amide bonds. The smallest absolute Gasteiger partial charge is 0.315 e. The fourth-order valence-corrected chi connectivity index (χ4v) is 2.80. The Bertz CT molecular complexity index is 672. The van der Waals surface area contributed by atoms with E-state index in [-0.39, 0.29) is 12.1 Å². The van der Waals surface area contributed by atoms with Gasteiger partial charge in [-0.3, -0.25) is 0 Å². The Balaban J connectivity index is 1.92. The number of nitrogens with one attached hydrogen (secondary N) is 2. The van der Waals surface area contributed by atoms with Crippen molar-refractivity contribution in [1.29, 1.82) is 0 Å². The van der Waals surface area contributed by atoms with Gasteiger partial charge in [0.05, 0.1) is 26.8 Å². The molecule has 1 atom stereocenters. The molecule has 7 heteroatoms. The Hall–Kier alpha value is -2.28. The highest BCUT2D eigenvalue weighted by atomic mass is 32.1. The number of aromatic nitrogens is 1. The van der Waals surface area contributed by atoms with Crippen molar-refractivity contribution in [2.45, 2.75) is 26.4 Å². The molecule has 0 radical (unpaired) electrons. The second-order valence-corrected chi connectivity index (χ2v) is 5.99. The molecule has 2 rings (SSSR count). The Morgan fingerprint density at radius 3 is 2.65 bits per heavy atom.